The summed E-state index contributed by atoms with van der Waals surface area (Å²) in [5, 5.41) is 45.0. The van der Waals surface area contributed by atoms with E-state index in [1.807, 2.05) is 25.7 Å². The maximum absolute atomic E-state index is 10.8. The Morgan fingerprint density at radius 2 is 0.923 bits per heavy atom. The van der Waals surface area contributed by atoms with Crippen molar-refractivity contribution in [3.63, 3.8) is 0 Å². The zero-order valence-corrected chi connectivity index (χ0v) is 35.8. The lowest BCUT2D eigenvalue weighted by Crippen LogP contribution is -2.44. The average molecular weight is 792 g/mol. The fraction of sp³-hybridized carbons (Fsp3) is 1.00. The van der Waals surface area contributed by atoms with E-state index in [2.05, 4.69) is 21.3 Å². The molecular formula is C33H77N5O12Si2. The predicted molar refractivity (Wildman–Crippen MR) is 206 cm³/mol. The Bertz CT molecular complexity index is 750. The number of nitrogens with zero attached hydrogens (tertiary/aromatic N) is 1. The molecule has 0 aromatic rings. The molecule has 0 radical (unpaired) electrons. The molecule has 0 aromatic carbocycles. The molecular weight excluding hydrogens is 715 g/mol. The van der Waals surface area contributed by atoms with E-state index in [-0.39, 0.29) is 18.8 Å². The molecule has 0 saturated carbocycles. The van der Waals surface area contributed by atoms with Crippen molar-refractivity contribution in [2.75, 3.05) is 148 Å². The molecule has 0 aliphatic heterocycles. The number of hydrogen-bond donors (Lipinski definition) is 7. The molecule has 0 aliphatic rings. The van der Waals surface area contributed by atoms with Gasteiger partial charge in [0.1, 0.15) is 0 Å². The normalized spacial score (nSPS) is 14.7. The summed E-state index contributed by atoms with van der Waals surface area (Å²) in [6.07, 6.45) is -0.610. The van der Waals surface area contributed by atoms with Gasteiger partial charge in [0.25, 0.3) is 0 Å². The average Bonchev–Trinajstić information content (AvgIpc) is 3.12. The van der Waals surface area contributed by atoms with Crippen LogP contribution < -0.4 is 21.3 Å². The second-order valence-corrected chi connectivity index (χ2v) is 19.7. The van der Waals surface area contributed by atoms with Gasteiger partial charge in [-0.25, -0.2) is 0 Å². The van der Waals surface area contributed by atoms with Gasteiger partial charge in [0, 0.05) is 140 Å². The third-order valence-corrected chi connectivity index (χ3v) is 13.8. The number of nitrogens with one attached hydrogen (secondary N) is 4. The third kappa shape index (κ3) is 27.4. The molecule has 3 atom stereocenters. The summed E-state index contributed by atoms with van der Waals surface area (Å²) in [4.78, 5) is 2.02. The third-order valence-electron chi connectivity index (χ3n) is 8.10. The first kappa shape index (κ1) is 51.8. The van der Waals surface area contributed by atoms with Crippen LogP contribution in [-0.2, 0) is 40.8 Å². The SMILES string of the molecule is CO[Si](CCCOCC(O)CN(CCNCCNCCNCCNCC(O)COC(C)(C)C)CC(O)COCCC[Si](OC)(OC)OC)(OC)OC. The molecule has 0 fully saturated rings. The molecule has 0 spiro atoms. The van der Waals surface area contributed by atoms with Crippen molar-refractivity contribution in [3.8, 4) is 0 Å². The van der Waals surface area contributed by atoms with Gasteiger partial charge in [-0.05, 0) is 33.6 Å². The van der Waals surface area contributed by atoms with E-state index >= 15 is 0 Å². The lowest BCUT2D eigenvalue weighted by Gasteiger charge is -2.28. The Morgan fingerprint density at radius 3 is 1.31 bits per heavy atom. The summed E-state index contributed by atoms with van der Waals surface area (Å²) in [5.74, 6) is 0. The Labute approximate surface area is 316 Å². The first-order valence-corrected chi connectivity index (χ1v) is 22.4. The lowest BCUT2D eigenvalue weighted by atomic mass is 10.2. The minimum atomic E-state index is -2.65. The zero-order valence-electron chi connectivity index (χ0n) is 33.8. The van der Waals surface area contributed by atoms with Crippen molar-refractivity contribution in [1.29, 1.82) is 0 Å². The molecule has 19 heteroatoms. The van der Waals surface area contributed by atoms with Crippen LogP contribution in [0.2, 0.25) is 12.1 Å². The Morgan fingerprint density at radius 1 is 0.538 bits per heavy atom. The first-order valence-electron chi connectivity index (χ1n) is 18.5. The number of hydrogen-bond acceptors (Lipinski definition) is 17. The van der Waals surface area contributed by atoms with Crippen LogP contribution >= 0.6 is 0 Å². The highest BCUT2D eigenvalue weighted by Gasteiger charge is 2.37. The minimum Gasteiger partial charge on any atom is -0.389 e. The summed E-state index contributed by atoms with van der Waals surface area (Å²) in [6.45, 7) is 14.8. The second kappa shape index (κ2) is 31.9. The van der Waals surface area contributed by atoms with Gasteiger partial charge in [0.05, 0.1) is 43.7 Å². The highest BCUT2D eigenvalue weighted by Crippen LogP contribution is 2.16. The molecule has 17 nitrogen and oxygen atoms in total. The van der Waals surface area contributed by atoms with Crippen LogP contribution in [-0.4, -0.2) is 209 Å². The van der Waals surface area contributed by atoms with Gasteiger partial charge in [-0.3, -0.25) is 4.90 Å². The zero-order chi connectivity index (χ0) is 39.1. The van der Waals surface area contributed by atoms with Crippen molar-refractivity contribution in [2.45, 2.75) is 69.6 Å². The van der Waals surface area contributed by atoms with Gasteiger partial charge in [-0.2, -0.15) is 0 Å². The number of aliphatic hydroxyl groups excluding tert-OH is 3. The molecule has 52 heavy (non-hydrogen) atoms. The van der Waals surface area contributed by atoms with Gasteiger partial charge < -0.3 is 77.4 Å². The molecule has 0 amide bonds. The Hall–Kier alpha value is -0.246. The highest BCUT2D eigenvalue weighted by molar-refractivity contribution is 6.60. The topological polar surface area (TPSA) is 195 Å². The van der Waals surface area contributed by atoms with Crippen LogP contribution in [0, 0.1) is 0 Å². The fourth-order valence-electron chi connectivity index (χ4n) is 5.11. The molecule has 0 rings (SSSR count). The maximum Gasteiger partial charge on any atom is 0.500 e. The van der Waals surface area contributed by atoms with Crippen LogP contribution in [0.1, 0.15) is 33.6 Å². The quantitative estimate of drug-likeness (QED) is 0.0301. The first-order chi connectivity index (χ1) is 24.8. The highest BCUT2D eigenvalue weighted by atomic mass is 28.4. The van der Waals surface area contributed by atoms with Crippen LogP contribution in [0.4, 0.5) is 0 Å². The largest absolute Gasteiger partial charge is 0.500 e. The molecule has 3 unspecified atom stereocenters. The predicted octanol–water partition coefficient (Wildman–Crippen LogP) is -0.886. The summed E-state index contributed by atoms with van der Waals surface area (Å²) in [6, 6.07) is 1.23. The van der Waals surface area contributed by atoms with Gasteiger partial charge in [0.2, 0.25) is 0 Å². The fourth-order valence-corrected chi connectivity index (χ4v) is 8.49. The van der Waals surface area contributed by atoms with Crippen molar-refractivity contribution in [2.24, 2.45) is 0 Å². The van der Waals surface area contributed by atoms with Crippen molar-refractivity contribution in [1.82, 2.24) is 26.2 Å². The van der Waals surface area contributed by atoms with E-state index in [0.29, 0.717) is 77.5 Å². The molecule has 0 aromatic heterocycles. The van der Waals surface area contributed by atoms with E-state index in [0.717, 1.165) is 39.3 Å². The molecule has 0 aliphatic carbocycles. The minimum absolute atomic E-state index is 0.171. The van der Waals surface area contributed by atoms with E-state index in [1.54, 1.807) is 42.7 Å². The van der Waals surface area contributed by atoms with Gasteiger partial charge in [-0.15, -0.1) is 0 Å². The molecule has 0 saturated heterocycles. The van der Waals surface area contributed by atoms with Crippen LogP contribution in [0.3, 0.4) is 0 Å². The number of ether oxygens (including phenoxy) is 3. The van der Waals surface area contributed by atoms with E-state index in [4.69, 9.17) is 40.8 Å². The van der Waals surface area contributed by atoms with E-state index < -0.39 is 35.9 Å². The summed E-state index contributed by atoms with van der Waals surface area (Å²) in [5.41, 5.74) is -0.252. The van der Waals surface area contributed by atoms with Crippen molar-refractivity contribution in [3.05, 3.63) is 0 Å². The monoisotopic (exact) mass is 792 g/mol. The number of aliphatic hydroxyl groups is 3. The molecule has 0 heterocycles. The van der Waals surface area contributed by atoms with Crippen LogP contribution in [0.5, 0.6) is 0 Å². The maximum atomic E-state index is 10.8. The van der Waals surface area contributed by atoms with E-state index in [9.17, 15) is 15.3 Å². The van der Waals surface area contributed by atoms with Gasteiger partial charge in [0.15, 0.2) is 0 Å². The Balaban J connectivity index is 4.45. The standard InChI is InChI=1S/C33H77N5O12Si2/c1-33(2,3)50-29-30(39)24-37-17-16-35-13-12-34-14-15-36-18-19-38(25-31(40)27-48-20-10-22-51(42-4,43-5)44-6)26-32(41)28-49-21-11-23-52(45-7,46-8)47-9/h30-32,34-37,39-41H,10-29H2,1-9H3. The van der Waals surface area contributed by atoms with Crippen LogP contribution in [0.15, 0.2) is 0 Å². The lowest BCUT2D eigenvalue weighted by molar-refractivity contribution is -0.0477. The summed E-state index contributed by atoms with van der Waals surface area (Å²) < 4.78 is 49.8. The smallest absolute Gasteiger partial charge is 0.389 e. The number of rotatable bonds is 38. The second-order valence-electron chi connectivity index (χ2n) is 13.5. The van der Waals surface area contributed by atoms with E-state index in [1.165, 1.54) is 0 Å². The summed E-state index contributed by atoms with van der Waals surface area (Å²) >= 11 is 0. The van der Waals surface area contributed by atoms with Crippen LogP contribution in [0.25, 0.3) is 0 Å². The summed E-state index contributed by atoms with van der Waals surface area (Å²) in [7, 11) is 4.19. The Kier molecular flexibility index (Phi) is 31.8. The van der Waals surface area contributed by atoms with Gasteiger partial charge in [-0.1, -0.05) is 0 Å². The van der Waals surface area contributed by atoms with Crippen molar-refractivity contribution >= 4 is 17.6 Å². The molecule has 314 valence electrons. The molecule has 0 bridgehead atoms. The molecule has 7 N–H and O–H groups in total. The van der Waals surface area contributed by atoms with Gasteiger partial charge >= 0.3 is 17.6 Å². The van der Waals surface area contributed by atoms with Crippen molar-refractivity contribution < 1.29 is 56.1 Å².